The smallest absolute Gasteiger partial charge is 0.475 e. The van der Waals surface area contributed by atoms with Crippen LogP contribution in [-0.2, 0) is 16.6 Å². The van der Waals surface area contributed by atoms with Gasteiger partial charge in [0, 0.05) is 20.3 Å². The van der Waals surface area contributed by atoms with E-state index in [4.69, 9.17) is 19.8 Å². The number of aromatic amines is 1. The fraction of sp³-hybridized carbons (Fsp3) is 0.250. The molecule has 182 valence electrons. The Hall–Kier alpha value is -2.82. The molecule has 0 aliphatic carbocycles. The summed E-state index contributed by atoms with van der Waals surface area (Å²) in [6, 6.07) is 3.94. The third-order valence-electron chi connectivity index (χ3n) is 3.49. The van der Waals surface area contributed by atoms with Gasteiger partial charge in [-0.25, -0.2) is 14.6 Å². The number of halogens is 8. The lowest BCUT2D eigenvalue weighted by Gasteiger charge is -2.00. The highest BCUT2D eigenvalue weighted by molar-refractivity contribution is 9.13. The van der Waals surface area contributed by atoms with Crippen molar-refractivity contribution < 1.29 is 46.1 Å². The molecule has 3 aromatic rings. The lowest BCUT2D eigenvalue weighted by Crippen LogP contribution is -2.21. The minimum atomic E-state index is -5.08. The highest BCUT2D eigenvalue weighted by atomic mass is 79.9. The number of aryl methyl sites for hydroxylation is 1. The van der Waals surface area contributed by atoms with Crippen molar-refractivity contribution in [1.82, 2.24) is 19.5 Å². The first-order valence-corrected chi connectivity index (χ1v) is 9.73. The van der Waals surface area contributed by atoms with Gasteiger partial charge in [-0.3, -0.25) is 4.98 Å². The van der Waals surface area contributed by atoms with Gasteiger partial charge in [0.2, 0.25) is 5.95 Å². The van der Waals surface area contributed by atoms with Gasteiger partial charge in [-0.05, 0) is 44.0 Å². The SMILES string of the molecule is CNc1nc2c(-c3cc(Br)c(Br)[nH]3)nccc2n1C.O=C(O)C(F)(F)F.O=C(O)C(F)(F)F. The number of imidazole rings is 1. The molecule has 0 amide bonds. The molecule has 3 heterocycles. The lowest BCUT2D eigenvalue weighted by atomic mass is 10.2. The monoisotopic (exact) mass is 611 g/mol. The van der Waals surface area contributed by atoms with Crippen LogP contribution >= 0.6 is 31.9 Å². The summed E-state index contributed by atoms with van der Waals surface area (Å²) in [6.45, 7) is 0. The van der Waals surface area contributed by atoms with E-state index in [0.29, 0.717) is 0 Å². The zero-order valence-corrected chi connectivity index (χ0v) is 19.5. The van der Waals surface area contributed by atoms with Crippen LogP contribution in [-0.4, -0.2) is 61.1 Å². The summed E-state index contributed by atoms with van der Waals surface area (Å²) in [5.74, 6) is -4.70. The molecule has 9 nitrogen and oxygen atoms in total. The van der Waals surface area contributed by atoms with Crippen LogP contribution in [0.25, 0.3) is 22.4 Å². The Morgan fingerprint density at radius 3 is 1.94 bits per heavy atom. The predicted molar refractivity (Wildman–Crippen MR) is 111 cm³/mol. The standard InChI is InChI=1S/C12H11Br2N5.2C2HF3O2/c1-15-12-18-10-8(19(12)2)3-4-16-9(10)7-5-6(13)11(14)17-7;2*3-2(4,5)1(6)7/h3-5,17H,1-2H3,(H,15,18);2*(H,6,7). The van der Waals surface area contributed by atoms with E-state index in [2.05, 4.69) is 52.1 Å². The van der Waals surface area contributed by atoms with Crippen LogP contribution in [0.4, 0.5) is 32.3 Å². The second-order valence-electron chi connectivity index (χ2n) is 5.72. The Kier molecular flexibility index (Phi) is 9.29. The molecule has 0 saturated carbocycles. The number of hydrogen-bond acceptors (Lipinski definition) is 5. The Labute approximate surface area is 197 Å². The number of carbonyl (C=O) groups is 2. The van der Waals surface area contributed by atoms with Gasteiger partial charge in [-0.1, -0.05) is 0 Å². The molecule has 0 radical (unpaired) electrons. The van der Waals surface area contributed by atoms with Crippen molar-refractivity contribution in [3.8, 4) is 11.4 Å². The van der Waals surface area contributed by atoms with Crippen molar-refractivity contribution in [3.05, 3.63) is 27.4 Å². The summed E-state index contributed by atoms with van der Waals surface area (Å²) >= 11 is 6.91. The van der Waals surface area contributed by atoms with E-state index in [1.54, 1.807) is 6.20 Å². The molecule has 33 heavy (non-hydrogen) atoms. The minimum Gasteiger partial charge on any atom is -0.475 e. The first-order valence-electron chi connectivity index (χ1n) is 8.14. The number of hydrogen-bond donors (Lipinski definition) is 4. The molecule has 17 heteroatoms. The molecule has 0 aliphatic heterocycles. The van der Waals surface area contributed by atoms with Crippen molar-refractivity contribution >= 4 is 60.8 Å². The van der Waals surface area contributed by atoms with Gasteiger partial charge in [-0.15, -0.1) is 0 Å². The number of fused-ring (bicyclic) bond motifs is 1. The normalized spacial score (nSPS) is 11.2. The summed E-state index contributed by atoms with van der Waals surface area (Å²) in [5.41, 5.74) is 3.66. The van der Waals surface area contributed by atoms with Crippen LogP contribution in [0.3, 0.4) is 0 Å². The van der Waals surface area contributed by atoms with E-state index in [9.17, 15) is 26.3 Å². The Morgan fingerprint density at radius 1 is 1.09 bits per heavy atom. The van der Waals surface area contributed by atoms with Gasteiger partial charge in [0.05, 0.1) is 20.3 Å². The molecule has 0 aromatic carbocycles. The van der Waals surface area contributed by atoms with Crippen molar-refractivity contribution in [1.29, 1.82) is 0 Å². The number of aromatic nitrogens is 4. The fourth-order valence-corrected chi connectivity index (χ4v) is 2.73. The maximum Gasteiger partial charge on any atom is 0.490 e. The molecule has 0 atom stereocenters. The number of alkyl halides is 6. The molecule has 4 N–H and O–H groups in total. The molecule has 0 bridgehead atoms. The van der Waals surface area contributed by atoms with E-state index in [1.165, 1.54) is 0 Å². The highest BCUT2D eigenvalue weighted by Gasteiger charge is 2.38. The summed E-state index contributed by atoms with van der Waals surface area (Å²) < 4.78 is 67.3. The van der Waals surface area contributed by atoms with Gasteiger partial charge in [-0.2, -0.15) is 26.3 Å². The quantitative estimate of drug-likeness (QED) is 0.306. The lowest BCUT2D eigenvalue weighted by molar-refractivity contribution is -0.193. The number of rotatable bonds is 2. The van der Waals surface area contributed by atoms with Crippen LogP contribution in [0.2, 0.25) is 0 Å². The third kappa shape index (κ3) is 7.62. The van der Waals surface area contributed by atoms with Gasteiger partial charge in [0.1, 0.15) is 11.2 Å². The van der Waals surface area contributed by atoms with Gasteiger partial charge >= 0.3 is 24.3 Å². The number of anilines is 1. The van der Waals surface area contributed by atoms with Crippen LogP contribution in [0, 0.1) is 0 Å². The molecule has 3 rings (SSSR count). The van der Waals surface area contributed by atoms with Gasteiger partial charge in [0.15, 0.2) is 0 Å². The number of nitrogens with one attached hydrogen (secondary N) is 2. The summed E-state index contributed by atoms with van der Waals surface area (Å²) in [6.07, 6.45) is -8.37. The van der Waals surface area contributed by atoms with E-state index in [1.807, 2.05) is 30.8 Å². The van der Waals surface area contributed by atoms with Crippen molar-refractivity contribution in [2.75, 3.05) is 12.4 Å². The maximum absolute atomic E-state index is 10.6. The van der Waals surface area contributed by atoms with E-state index in [0.717, 1.165) is 37.4 Å². The second-order valence-corrected chi connectivity index (χ2v) is 7.37. The maximum atomic E-state index is 10.6. The van der Waals surface area contributed by atoms with Crippen molar-refractivity contribution in [2.24, 2.45) is 7.05 Å². The number of H-pyrrole nitrogens is 1. The molecular formula is C16H13Br2F6N5O4. The summed E-state index contributed by atoms with van der Waals surface area (Å²) in [7, 11) is 3.83. The van der Waals surface area contributed by atoms with Crippen LogP contribution in [0.5, 0.6) is 0 Å². The zero-order chi connectivity index (χ0) is 25.7. The Bertz CT molecular complexity index is 1100. The Balaban J connectivity index is 0.000000324. The number of carboxylic acids is 2. The first-order chi connectivity index (χ1) is 15.0. The molecule has 0 aliphatic rings. The summed E-state index contributed by atoms with van der Waals surface area (Å²) in [5, 5.41) is 17.3. The van der Waals surface area contributed by atoms with Crippen molar-refractivity contribution in [2.45, 2.75) is 12.4 Å². The average molecular weight is 613 g/mol. The topological polar surface area (TPSA) is 133 Å². The predicted octanol–water partition coefficient (Wildman–Crippen LogP) is 4.80. The number of aliphatic carboxylic acids is 2. The average Bonchev–Trinajstić information content (AvgIpc) is 3.20. The van der Waals surface area contributed by atoms with Gasteiger partial charge in [0.25, 0.3) is 0 Å². The molecule has 0 saturated heterocycles. The minimum absolute atomic E-state index is 0.814. The zero-order valence-electron chi connectivity index (χ0n) is 16.3. The molecular weight excluding hydrogens is 600 g/mol. The summed E-state index contributed by atoms with van der Waals surface area (Å²) in [4.78, 5) is 30.1. The van der Waals surface area contributed by atoms with Crippen LogP contribution < -0.4 is 5.32 Å². The molecule has 0 spiro atoms. The fourth-order valence-electron chi connectivity index (χ4n) is 2.07. The molecule has 0 fully saturated rings. The highest BCUT2D eigenvalue weighted by Crippen LogP contribution is 2.32. The number of carboxylic acid groups (broad SMARTS) is 2. The molecule has 3 aromatic heterocycles. The van der Waals surface area contributed by atoms with E-state index < -0.39 is 24.3 Å². The third-order valence-corrected chi connectivity index (χ3v) is 5.27. The van der Waals surface area contributed by atoms with Gasteiger partial charge < -0.3 is 25.1 Å². The second kappa shape index (κ2) is 10.9. The van der Waals surface area contributed by atoms with Crippen LogP contribution in [0.1, 0.15) is 0 Å². The van der Waals surface area contributed by atoms with Crippen molar-refractivity contribution in [3.63, 3.8) is 0 Å². The number of pyridine rings is 1. The largest absolute Gasteiger partial charge is 0.490 e. The van der Waals surface area contributed by atoms with E-state index >= 15 is 0 Å². The van der Waals surface area contributed by atoms with E-state index in [-0.39, 0.29) is 0 Å². The number of nitrogens with zero attached hydrogens (tertiary/aromatic N) is 3. The molecule has 0 unspecified atom stereocenters. The first kappa shape index (κ1) is 28.2. The van der Waals surface area contributed by atoms with Crippen LogP contribution in [0.15, 0.2) is 27.4 Å². The Morgan fingerprint density at radius 2 is 1.58 bits per heavy atom.